The van der Waals surface area contributed by atoms with Crippen molar-refractivity contribution in [2.24, 2.45) is 5.92 Å². The summed E-state index contributed by atoms with van der Waals surface area (Å²) in [5.41, 5.74) is 0.224. The van der Waals surface area contributed by atoms with E-state index in [-0.39, 0.29) is 41.7 Å². The number of aromatic hydroxyl groups is 1. The van der Waals surface area contributed by atoms with Gasteiger partial charge in [0.15, 0.2) is 5.78 Å². The predicted molar refractivity (Wildman–Crippen MR) is 123 cm³/mol. The Bertz CT molecular complexity index is 985. The maximum Gasteiger partial charge on any atom is 0.342 e. The number of ether oxygens (including phenoxy) is 2. The molecule has 2 aliphatic heterocycles. The molecule has 9 heteroatoms. The van der Waals surface area contributed by atoms with Gasteiger partial charge in [-0.3, -0.25) is 9.59 Å². The van der Waals surface area contributed by atoms with Crippen LogP contribution in [0.4, 0.5) is 0 Å². The number of ketones is 1. The average molecular weight is 474 g/mol. The van der Waals surface area contributed by atoms with E-state index in [9.17, 15) is 29.7 Å². The number of carbonyl (C=O) groups is 3. The first kappa shape index (κ1) is 25.5. The van der Waals surface area contributed by atoms with Crippen molar-refractivity contribution in [3.63, 3.8) is 0 Å². The molecule has 0 aliphatic carbocycles. The molecule has 34 heavy (non-hydrogen) atoms. The number of hydrogen-bond acceptors (Lipinski definition) is 8. The van der Waals surface area contributed by atoms with Gasteiger partial charge in [0, 0.05) is 24.9 Å². The molecule has 0 bridgehead atoms. The summed E-state index contributed by atoms with van der Waals surface area (Å²) in [6, 6.07) is 2.86. The van der Waals surface area contributed by atoms with Crippen LogP contribution >= 0.6 is 0 Å². The minimum Gasteiger partial charge on any atom is -0.507 e. The molecule has 0 aromatic heterocycles. The SMILES string of the molecule is C[C@@H]1/C=C\C(=O)[C@@H](O)[C@@H](O)C/C=C/c2cc(OCCN3CCCC3=O)cc(O)c2C(=O)O[C@H]1C. The zero-order chi connectivity index (χ0) is 24.8. The molecule has 3 rings (SSSR count). The summed E-state index contributed by atoms with van der Waals surface area (Å²) in [4.78, 5) is 38.5. The van der Waals surface area contributed by atoms with E-state index in [0.29, 0.717) is 25.3 Å². The number of aliphatic hydroxyl groups excluding tert-OH is 2. The number of rotatable bonds is 4. The van der Waals surface area contributed by atoms with Gasteiger partial charge < -0.3 is 29.7 Å². The normalized spacial score (nSPS) is 28.1. The van der Waals surface area contributed by atoms with Crippen LogP contribution in [0.2, 0.25) is 0 Å². The van der Waals surface area contributed by atoms with Crippen LogP contribution in [-0.2, 0) is 14.3 Å². The fourth-order valence-electron chi connectivity index (χ4n) is 3.76. The average Bonchev–Trinajstić information content (AvgIpc) is 3.20. The number of fused-ring (bicyclic) bond motifs is 1. The van der Waals surface area contributed by atoms with E-state index >= 15 is 0 Å². The molecule has 1 amide bonds. The van der Waals surface area contributed by atoms with Crippen LogP contribution in [0.15, 0.2) is 30.4 Å². The van der Waals surface area contributed by atoms with Gasteiger partial charge in [-0.1, -0.05) is 25.2 Å². The first-order valence-corrected chi connectivity index (χ1v) is 11.4. The van der Waals surface area contributed by atoms with Crippen molar-refractivity contribution in [3.8, 4) is 11.5 Å². The maximum atomic E-state index is 12.9. The van der Waals surface area contributed by atoms with Crippen LogP contribution in [0.5, 0.6) is 11.5 Å². The highest BCUT2D eigenvalue weighted by molar-refractivity contribution is 5.97. The molecule has 184 valence electrons. The van der Waals surface area contributed by atoms with E-state index in [1.54, 1.807) is 24.8 Å². The molecular weight excluding hydrogens is 442 g/mol. The molecule has 3 N–H and O–H groups in total. The zero-order valence-corrected chi connectivity index (χ0v) is 19.3. The quantitative estimate of drug-likeness (QED) is 0.564. The summed E-state index contributed by atoms with van der Waals surface area (Å²) >= 11 is 0. The topological polar surface area (TPSA) is 134 Å². The molecule has 1 saturated heterocycles. The molecule has 0 radical (unpaired) electrons. The van der Waals surface area contributed by atoms with Crippen LogP contribution < -0.4 is 4.74 Å². The Labute approximate surface area is 198 Å². The van der Waals surface area contributed by atoms with E-state index < -0.39 is 30.1 Å². The molecule has 2 heterocycles. The van der Waals surface area contributed by atoms with Crippen molar-refractivity contribution in [3.05, 3.63) is 41.5 Å². The van der Waals surface area contributed by atoms with Crippen LogP contribution in [0.25, 0.3) is 6.08 Å². The highest BCUT2D eigenvalue weighted by atomic mass is 16.5. The minimum atomic E-state index is -1.59. The summed E-state index contributed by atoms with van der Waals surface area (Å²) in [7, 11) is 0. The predicted octanol–water partition coefficient (Wildman–Crippen LogP) is 1.84. The second-order valence-electron chi connectivity index (χ2n) is 8.62. The van der Waals surface area contributed by atoms with Crippen LogP contribution in [0, 0.1) is 5.92 Å². The van der Waals surface area contributed by atoms with E-state index in [4.69, 9.17) is 9.47 Å². The molecule has 1 aromatic rings. The summed E-state index contributed by atoms with van der Waals surface area (Å²) < 4.78 is 11.2. The number of aliphatic hydroxyl groups is 2. The number of phenolic OH excluding ortho intramolecular Hbond substituents is 1. The van der Waals surface area contributed by atoms with Crippen LogP contribution in [0.1, 0.15) is 49.0 Å². The van der Waals surface area contributed by atoms with Crippen LogP contribution in [-0.4, -0.2) is 75.9 Å². The molecule has 1 aromatic carbocycles. The number of amides is 1. The number of cyclic esters (lactones) is 1. The molecule has 0 saturated carbocycles. The molecule has 4 atom stereocenters. The van der Waals surface area contributed by atoms with Crippen molar-refractivity contribution in [2.45, 2.75) is 51.4 Å². The van der Waals surface area contributed by atoms with Gasteiger partial charge in [0.05, 0.1) is 12.6 Å². The molecule has 9 nitrogen and oxygen atoms in total. The second kappa shape index (κ2) is 11.3. The molecule has 2 aliphatic rings. The van der Waals surface area contributed by atoms with Crippen LogP contribution in [0.3, 0.4) is 0 Å². The zero-order valence-electron chi connectivity index (χ0n) is 19.3. The van der Waals surface area contributed by atoms with Crippen molar-refractivity contribution in [1.29, 1.82) is 0 Å². The first-order valence-electron chi connectivity index (χ1n) is 11.4. The van der Waals surface area contributed by atoms with Gasteiger partial charge >= 0.3 is 5.97 Å². The minimum absolute atomic E-state index is 0.0653. The fourth-order valence-corrected chi connectivity index (χ4v) is 3.76. The standard InChI is InChI=1S/C25H31NO8/c1-15-8-9-20(28)24(31)19(27)6-3-5-17-13-18(33-12-11-26-10-4-7-22(26)30)14-21(29)23(17)25(32)34-16(15)2/h3,5,8-9,13-16,19,24,27,29,31H,4,6-7,10-12H2,1-2H3/b5-3+,9-8-/t15-,16+,19+,24+/m1/s1. The highest BCUT2D eigenvalue weighted by Gasteiger charge is 2.25. The van der Waals surface area contributed by atoms with E-state index in [2.05, 4.69) is 0 Å². The number of esters is 1. The van der Waals surface area contributed by atoms with Gasteiger partial charge in [-0.15, -0.1) is 0 Å². The fraction of sp³-hybridized carbons (Fsp3) is 0.480. The summed E-state index contributed by atoms with van der Waals surface area (Å²) in [6.07, 6.45) is 3.37. The third kappa shape index (κ3) is 6.24. The van der Waals surface area contributed by atoms with Crippen molar-refractivity contribution >= 4 is 23.7 Å². The van der Waals surface area contributed by atoms with Crippen molar-refractivity contribution < 1.29 is 39.2 Å². The Kier molecular flexibility index (Phi) is 8.46. The van der Waals surface area contributed by atoms with Gasteiger partial charge in [0.2, 0.25) is 5.91 Å². The lowest BCUT2D eigenvalue weighted by Crippen LogP contribution is -2.32. The van der Waals surface area contributed by atoms with Gasteiger partial charge in [0.25, 0.3) is 0 Å². The third-order valence-electron chi connectivity index (χ3n) is 6.06. The molecule has 0 unspecified atom stereocenters. The Morgan fingerprint density at radius 1 is 1.15 bits per heavy atom. The van der Waals surface area contributed by atoms with Gasteiger partial charge in [-0.2, -0.15) is 0 Å². The Morgan fingerprint density at radius 3 is 2.62 bits per heavy atom. The maximum absolute atomic E-state index is 12.9. The first-order chi connectivity index (χ1) is 16.2. The lowest BCUT2D eigenvalue weighted by molar-refractivity contribution is -0.128. The number of hydrogen-bond donors (Lipinski definition) is 3. The third-order valence-corrected chi connectivity index (χ3v) is 6.06. The smallest absolute Gasteiger partial charge is 0.342 e. The Morgan fingerprint density at radius 2 is 1.91 bits per heavy atom. The number of nitrogens with zero attached hydrogens (tertiary/aromatic N) is 1. The van der Waals surface area contributed by atoms with E-state index in [1.807, 2.05) is 0 Å². The van der Waals surface area contributed by atoms with Crippen molar-refractivity contribution in [2.75, 3.05) is 19.7 Å². The number of carbonyl (C=O) groups excluding carboxylic acids is 3. The lowest BCUT2D eigenvalue weighted by Gasteiger charge is -2.20. The summed E-state index contributed by atoms with van der Waals surface area (Å²) in [6.45, 7) is 4.70. The summed E-state index contributed by atoms with van der Waals surface area (Å²) in [5, 5.41) is 30.9. The van der Waals surface area contributed by atoms with Crippen molar-refractivity contribution in [1.82, 2.24) is 4.90 Å². The molecular formula is C25H31NO8. The highest BCUT2D eigenvalue weighted by Crippen LogP contribution is 2.31. The van der Waals surface area contributed by atoms with Gasteiger partial charge in [-0.05, 0) is 37.5 Å². The van der Waals surface area contributed by atoms with E-state index in [1.165, 1.54) is 30.4 Å². The summed E-state index contributed by atoms with van der Waals surface area (Å²) in [5.74, 6) is -1.72. The largest absolute Gasteiger partial charge is 0.507 e. The Hall–Kier alpha value is -3.17. The number of benzene rings is 1. The molecule has 0 spiro atoms. The molecule has 1 fully saturated rings. The van der Waals surface area contributed by atoms with E-state index in [0.717, 1.165) is 6.42 Å². The Balaban J connectivity index is 1.86. The van der Waals surface area contributed by atoms with Gasteiger partial charge in [0.1, 0.15) is 35.9 Å². The monoisotopic (exact) mass is 473 g/mol. The van der Waals surface area contributed by atoms with Gasteiger partial charge in [-0.25, -0.2) is 4.79 Å². The lowest BCUT2D eigenvalue weighted by atomic mass is 9.99. The second-order valence-corrected chi connectivity index (χ2v) is 8.62. The number of phenols is 1. The number of likely N-dealkylation sites (tertiary alicyclic amines) is 1.